The van der Waals surface area contributed by atoms with E-state index in [0.717, 1.165) is 18.7 Å². The molecule has 1 aromatic carbocycles. The third-order valence-electron chi connectivity index (χ3n) is 5.21. The van der Waals surface area contributed by atoms with E-state index >= 15 is 0 Å². The summed E-state index contributed by atoms with van der Waals surface area (Å²) in [5, 5.41) is 0. The maximum Gasteiger partial charge on any atom is 0.328 e. The highest BCUT2D eigenvalue weighted by Crippen LogP contribution is 2.19. The highest BCUT2D eigenvalue weighted by molar-refractivity contribution is 5.81. The Morgan fingerprint density at radius 1 is 1.06 bits per heavy atom. The molecule has 10 nitrogen and oxygen atoms in total. The van der Waals surface area contributed by atoms with Gasteiger partial charge in [0.2, 0.25) is 0 Å². The summed E-state index contributed by atoms with van der Waals surface area (Å²) in [5.74, 6) is 0.165. The Balaban J connectivity index is 1.78. The van der Waals surface area contributed by atoms with Gasteiger partial charge in [-0.1, -0.05) is 24.3 Å². The molecule has 2 heterocycles. The number of nitrogens with zero attached hydrogens (tertiary/aromatic N) is 4. The second-order valence-electron chi connectivity index (χ2n) is 7.82. The Labute approximate surface area is 187 Å². The van der Waals surface area contributed by atoms with Crippen molar-refractivity contribution in [3.05, 3.63) is 45.9 Å². The van der Waals surface area contributed by atoms with E-state index in [1.54, 1.807) is 14.2 Å². The van der Waals surface area contributed by atoms with Gasteiger partial charge in [-0.3, -0.25) is 9.47 Å². The largest absolute Gasteiger partial charge is 0.461 e. The fourth-order valence-electron chi connectivity index (χ4n) is 3.35. The quantitative estimate of drug-likeness (QED) is 0.405. The molecule has 32 heavy (non-hydrogen) atoms. The smallest absolute Gasteiger partial charge is 0.328 e. The molecule has 0 bridgehead atoms. The third kappa shape index (κ3) is 5.84. The number of benzene rings is 1. The summed E-state index contributed by atoms with van der Waals surface area (Å²) in [6.07, 6.45) is 0. The van der Waals surface area contributed by atoms with Gasteiger partial charge in [0.05, 0.1) is 19.8 Å². The average molecular weight is 445 g/mol. The number of H-pyrrole nitrogens is 1. The maximum atomic E-state index is 12.6. The van der Waals surface area contributed by atoms with Crippen LogP contribution in [0.15, 0.2) is 29.1 Å². The third-order valence-corrected chi connectivity index (χ3v) is 5.21. The van der Waals surface area contributed by atoms with Gasteiger partial charge in [0.25, 0.3) is 0 Å². The van der Waals surface area contributed by atoms with Crippen molar-refractivity contribution in [2.45, 2.75) is 33.0 Å². The van der Waals surface area contributed by atoms with Gasteiger partial charge in [-0.05, 0) is 25.0 Å². The molecule has 0 saturated carbocycles. The van der Waals surface area contributed by atoms with Gasteiger partial charge in [0, 0.05) is 33.4 Å². The van der Waals surface area contributed by atoms with E-state index < -0.39 is 0 Å². The van der Waals surface area contributed by atoms with Crippen molar-refractivity contribution >= 4 is 17.0 Å². The highest BCUT2D eigenvalue weighted by Gasteiger charge is 2.15. The first-order valence-corrected chi connectivity index (χ1v) is 10.6. The van der Waals surface area contributed by atoms with E-state index in [0.29, 0.717) is 37.0 Å². The van der Waals surface area contributed by atoms with E-state index in [2.05, 4.69) is 45.8 Å². The Bertz CT molecular complexity index is 1060. The zero-order chi connectivity index (χ0) is 23.1. The predicted molar refractivity (Wildman–Crippen MR) is 123 cm³/mol. The number of aromatic amines is 1. The topological polar surface area (TPSA) is 121 Å². The maximum absolute atomic E-state index is 12.6. The van der Waals surface area contributed by atoms with Gasteiger partial charge in [0.15, 0.2) is 11.5 Å². The number of nitrogen functional groups attached to an aromatic ring is 1. The fraction of sp³-hybridized carbons (Fsp3) is 0.500. The molecule has 0 saturated heterocycles. The molecule has 2 aromatic heterocycles. The second kappa shape index (κ2) is 11.1. The van der Waals surface area contributed by atoms with Crippen LogP contribution >= 0.6 is 0 Å². The first-order valence-electron chi connectivity index (χ1n) is 10.6. The predicted octanol–water partition coefficient (Wildman–Crippen LogP) is 1.63. The van der Waals surface area contributed by atoms with Crippen LogP contribution < -0.4 is 16.2 Å². The summed E-state index contributed by atoms with van der Waals surface area (Å²) < 4.78 is 17.2. The first-order chi connectivity index (χ1) is 15.4. The van der Waals surface area contributed by atoms with Gasteiger partial charge in [0.1, 0.15) is 12.1 Å². The number of anilines is 1. The van der Waals surface area contributed by atoms with Crippen molar-refractivity contribution in [1.82, 2.24) is 24.4 Å². The van der Waals surface area contributed by atoms with E-state index in [1.165, 1.54) is 10.1 Å². The molecule has 0 amide bonds. The lowest BCUT2D eigenvalue weighted by molar-refractivity contribution is 0.125. The minimum Gasteiger partial charge on any atom is -0.461 e. The van der Waals surface area contributed by atoms with Crippen LogP contribution in [-0.4, -0.2) is 71.0 Å². The molecule has 0 aliphatic rings. The first kappa shape index (κ1) is 23.7. The summed E-state index contributed by atoms with van der Waals surface area (Å²) in [6, 6.07) is 8.74. The van der Waals surface area contributed by atoms with Crippen molar-refractivity contribution in [3.63, 3.8) is 0 Å². The van der Waals surface area contributed by atoms with Gasteiger partial charge < -0.3 is 24.9 Å². The molecular formula is C22H32N6O4. The van der Waals surface area contributed by atoms with Crippen LogP contribution in [0.1, 0.15) is 25.0 Å². The number of fused-ring (bicyclic) bond motifs is 1. The number of hydrogen-bond acceptors (Lipinski definition) is 8. The van der Waals surface area contributed by atoms with E-state index in [9.17, 15) is 4.79 Å². The van der Waals surface area contributed by atoms with Crippen LogP contribution in [0, 0.1) is 0 Å². The van der Waals surface area contributed by atoms with Gasteiger partial charge in [-0.2, -0.15) is 9.97 Å². The average Bonchev–Trinajstić information content (AvgIpc) is 3.08. The SMILES string of the molecule is COCCOc1nc(N)c2[nH]c(=O)n(Cc3ccc(CN(CCOC)C(C)C)cc3)c2n1. The van der Waals surface area contributed by atoms with Crippen molar-refractivity contribution < 1.29 is 14.2 Å². The number of methoxy groups -OCH3 is 2. The zero-order valence-electron chi connectivity index (χ0n) is 19.1. The molecule has 0 atom stereocenters. The van der Waals surface area contributed by atoms with E-state index in [-0.39, 0.29) is 24.1 Å². The summed E-state index contributed by atoms with van der Waals surface area (Å²) in [4.78, 5) is 26.1. The Kier molecular flexibility index (Phi) is 8.20. The molecule has 0 unspecified atom stereocenters. The van der Waals surface area contributed by atoms with Crippen LogP contribution in [0.3, 0.4) is 0 Å². The summed E-state index contributed by atoms with van der Waals surface area (Å²) >= 11 is 0. The van der Waals surface area contributed by atoms with Crippen molar-refractivity contribution in [2.75, 3.05) is 46.3 Å². The molecule has 3 aromatic rings. The summed E-state index contributed by atoms with van der Waals surface area (Å²) in [7, 11) is 3.30. The van der Waals surface area contributed by atoms with Crippen molar-refractivity contribution in [3.8, 4) is 6.01 Å². The molecule has 3 rings (SSSR count). The summed E-state index contributed by atoms with van der Waals surface area (Å²) in [5.41, 5.74) is 8.68. The number of rotatable bonds is 12. The molecule has 174 valence electrons. The summed E-state index contributed by atoms with van der Waals surface area (Å²) in [6.45, 7) is 7.79. The highest BCUT2D eigenvalue weighted by atomic mass is 16.5. The lowest BCUT2D eigenvalue weighted by Crippen LogP contribution is -2.33. The molecule has 0 aliphatic carbocycles. The van der Waals surface area contributed by atoms with Crippen LogP contribution in [0.4, 0.5) is 5.82 Å². The zero-order valence-corrected chi connectivity index (χ0v) is 19.1. The van der Waals surface area contributed by atoms with Gasteiger partial charge >= 0.3 is 11.7 Å². The molecule has 0 fully saturated rings. The lowest BCUT2D eigenvalue weighted by Gasteiger charge is -2.26. The van der Waals surface area contributed by atoms with Crippen molar-refractivity contribution in [2.24, 2.45) is 0 Å². The molecule has 10 heteroatoms. The van der Waals surface area contributed by atoms with Crippen LogP contribution in [0.5, 0.6) is 6.01 Å². The molecular weight excluding hydrogens is 412 g/mol. The molecule has 0 aliphatic heterocycles. The van der Waals surface area contributed by atoms with Gasteiger partial charge in [-0.15, -0.1) is 0 Å². The van der Waals surface area contributed by atoms with Crippen LogP contribution in [0.2, 0.25) is 0 Å². The number of nitrogens with one attached hydrogen (secondary N) is 1. The number of ether oxygens (including phenoxy) is 3. The van der Waals surface area contributed by atoms with Gasteiger partial charge in [-0.25, -0.2) is 4.79 Å². The van der Waals surface area contributed by atoms with E-state index in [1.807, 2.05) is 12.1 Å². The Hall–Kier alpha value is -2.95. The number of aromatic nitrogens is 4. The number of imidazole rings is 1. The van der Waals surface area contributed by atoms with Crippen LogP contribution in [-0.2, 0) is 22.6 Å². The Morgan fingerprint density at radius 2 is 1.75 bits per heavy atom. The van der Waals surface area contributed by atoms with Crippen molar-refractivity contribution in [1.29, 1.82) is 0 Å². The van der Waals surface area contributed by atoms with E-state index in [4.69, 9.17) is 19.9 Å². The number of hydrogen-bond donors (Lipinski definition) is 2. The lowest BCUT2D eigenvalue weighted by atomic mass is 10.1. The molecule has 0 spiro atoms. The molecule has 3 N–H and O–H groups in total. The minimum absolute atomic E-state index is 0.111. The minimum atomic E-state index is -0.301. The second-order valence-corrected chi connectivity index (χ2v) is 7.82. The normalized spacial score (nSPS) is 11.7. The standard InChI is InChI=1S/C22H32N6O4/c1-15(2)27(9-10-30-3)13-16-5-7-17(8-6-16)14-28-20-18(24-22(28)29)19(23)25-21(26-20)32-12-11-31-4/h5-8,15H,9-14H2,1-4H3,(H,24,29)(H2,23,25,26). The molecule has 0 radical (unpaired) electrons. The fourth-order valence-corrected chi connectivity index (χ4v) is 3.35. The Morgan fingerprint density at radius 3 is 2.41 bits per heavy atom. The van der Waals surface area contributed by atoms with Crippen LogP contribution in [0.25, 0.3) is 11.2 Å². The number of nitrogens with two attached hydrogens (primary N) is 1. The monoisotopic (exact) mass is 444 g/mol.